The summed E-state index contributed by atoms with van der Waals surface area (Å²) in [6, 6.07) is 3.42. The molecule has 0 aliphatic carbocycles. The number of hydrogen-bond donors (Lipinski definition) is 1. The average molecular weight is 200 g/mol. The molecule has 0 amide bonds. The second kappa shape index (κ2) is 2.61. The molecule has 1 heterocycles. The van der Waals surface area contributed by atoms with Crippen molar-refractivity contribution in [3.8, 4) is 0 Å². The maximum absolute atomic E-state index is 13.6. The molecule has 1 aromatic carbocycles. The number of anilines is 1. The molecule has 0 saturated heterocycles. The van der Waals surface area contributed by atoms with E-state index in [1.54, 1.807) is 6.07 Å². The number of rotatable bonds is 0. The number of benzene rings is 1. The molecule has 1 aliphatic rings. The largest absolute Gasteiger partial charge is 0.384 e. The molecule has 70 valence electrons. The van der Waals surface area contributed by atoms with Gasteiger partial charge in [0.1, 0.15) is 5.82 Å². The van der Waals surface area contributed by atoms with Crippen molar-refractivity contribution in [3.63, 3.8) is 0 Å². The van der Waals surface area contributed by atoms with E-state index in [1.165, 1.54) is 0 Å². The van der Waals surface area contributed by atoms with E-state index in [0.29, 0.717) is 5.56 Å². The van der Waals surface area contributed by atoms with Gasteiger partial charge >= 0.3 is 0 Å². The summed E-state index contributed by atoms with van der Waals surface area (Å²) in [6.07, 6.45) is 0. The van der Waals surface area contributed by atoms with Crippen LogP contribution in [0.2, 0.25) is 5.02 Å². The Balaban J connectivity index is 2.68. The molecular weight excluding hydrogens is 189 g/mol. The molecule has 13 heavy (non-hydrogen) atoms. The van der Waals surface area contributed by atoms with Gasteiger partial charge in [0.25, 0.3) is 0 Å². The molecule has 1 aliphatic heterocycles. The fourth-order valence-electron chi connectivity index (χ4n) is 1.76. The van der Waals surface area contributed by atoms with E-state index in [4.69, 9.17) is 11.6 Å². The molecule has 3 heteroatoms. The lowest BCUT2D eigenvalue weighted by Gasteiger charge is -2.17. The van der Waals surface area contributed by atoms with Crippen LogP contribution in [-0.2, 0) is 5.41 Å². The first-order valence-corrected chi connectivity index (χ1v) is 4.62. The molecule has 0 radical (unpaired) electrons. The van der Waals surface area contributed by atoms with Crippen molar-refractivity contribution in [2.75, 3.05) is 11.9 Å². The second-order valence-corrected chi connectivity index (χ2v) is 4.43. The highest BCUT2D eigenvalue weighted by Crippen LogP contribution is 2.40. The molecule has 0 aromatic heterocycles. The first kappa shape index (κ1) is 8.82. The zero-order chi connectivity index (χ0) is 9.64. The molecule has 0 atom stereocenters. The van der Waals surface area contributed by atoms with Crippen molar-refractivity contribution in [1.29, 1.82) is 0 Å². The maximum atomic E-state index is 13.6. The Morgan fingerprint density at radius 3 is 2.85 bits per heavy atom. The smallest absolute Gasteiger partial charge is 0.147 e. The molecule has 0 spiro atoms. The van der Waals surface area contributed by atoms with Crippen molar-refractivity contribution < 1.29 is 4.39 Å². The van der Waals surface area contributed by atoms with Crippen molar-refractivity contribution in [1.82, 2.24) is 0 Å². The zero-order valence-corrected chi connectivity index (χ0v) is 8.37. The van der Waals surface area contributed by atoms with Gasteiger partial charge in [0.05, 0.1) is 5.02 Å². The number of fused-ring (bicyclic) bond motifs is 1. The van der Waals surface area contributed by atoms with Crippen molar-refractivity contribution in [2.45, 2.75) is 19.3 Å². The lowest BCUT2D eigenvalue weighted by Crippen LogP contribution is -2.20. The minimum atomic E-state index is -0.283. The predicted molar refractivity (Wildman–Crippen MR) is 52.9 cm³/mol. The summed E-state index contributed by atoms with van der Waals surface area (Å²) < 4.78 is 13.6. The van der Waals surface area contributed by atoms with E-state index < -0.39 is 0 Å². The van der Waals surface area contributed by atoms with E-state index in [0.717, 1.165) is 12.2 Å². The summed E-state index contributed by atoms with van der Waals surface area (Å²) in [4.78, 5) is 0. The van der Waals surface area contributed by atoms with Gasteiger partial charge in [0, 0.05) is 23.2 Å². The topological polar surface area (TPSA) is 12.0 Å². The molecule has 1 aromatic rings. The van der Waals surface area contributed by atoms with Crippen molar-refractivity contribution in [3.05, 3.63) is 28.5 Å². The summed E-state index contributed by atoms with van der Waals surface area (Å²) in [5, 5.41) is 3.36. The fourth-order valence-corrected chi connectivity index (χ4v) is 1.92. The van der Waals surface area contributed by atoms with Gasteiger partial charge in [-0.3, -0.25) is 0 Å². The quantitative estimate of drug-likeness (QED) is 0.677. The number of hydrogen-bond acceptors (Lipinski definition) is 1. The minimum absolute atomic E-state index is 0.162. The van der Waals surface area contributed by atoms with E-state index in [1.807, 2.05) is 19.9 Å². The van der Waals surface area contributed by atoms with Gasteiger partial charge in [-0.1, -0.05) is 25.4 Å². The Bertz CT molecular complexity index is 360. The average Bonchev–Trinajstić information content (AvgIpc) is 2.35. The second-order valence-electron chi connectivity index (χ2n) is 4.02. The van der Waals surface area contributed by atoms with Gasteiger partial charge in [-0.15, -0.1) is 0 Å². The van der Waals surface area contributed by atoms with Gasteiger partial charge in [-0.25, -0.2) is 4.39 Å². The standard InChI is InChI=1S/C10H11ClFN/c1-10(2)5-13-7-4-3-6(11)9(12)8(7)10/h3-4,13H,5H2,1-2H3. The van der Waals surface area contributed by atoms with Crippen LogP contribution in [0.1, 0.15) is 19.4 Å². The molecule has 0 saturated carbocycles. The third-order valence-corrected chi connectivity index (χ3v) is 2.78. The van der Waals surface area contributed by atoms with Crippen LogP contribution >= 0.6 is 11.6 Å². The molecule has 0 fully saturated rings. The number of halogens is 2. The Kier molecular flexibility index (Phi) is 1.77. The third kappa shape index (κ3) is 1.20. The van der Waals surface area contributed by atoms with Crippen LogP contribution in [0.15, 0.2) is 12.1 Å². The van der Waals surface area contributed by atoms with Gasteiger partial charge in [-0.05, 0) is 12.1 Å². The summed E-state index contributed by atoms with van der Waals surface area (Å²) in [7, 11) is 0. The van der Waals surface area contributed by atoms with Gasteiger partial charge in [0.15, 0.2) is 0 Å². The predicted octanol–water partition coefficient (Wildman–Crippen LogP) is 3.18. The van der Waals surface area contributed by atoms with Crippen LogP contribution < -0.4 is 5.32 Å². The van der Waals surface area contributed by atoms with Gasteiger partial charge in [0.2, 0.25) is 0 Å². The lowest BCUT2D eigenvalue weighted by molar-refractivity contribution is 0.528. The van der Waals surface area contributed by atoms with Crippen LogP contribution in [0, 0.1) is 5.82 Å². The molecule has 2 rings (SSSR count). The Labute approximate surface area is 81.9 Å². The van der Waals surface area contributed by atoms with Crippen LogP contribution in [0.5, 0.6) is 0 Å². The summed E-state index contributed by atoms with van der Waals surface area (Å²) in [6.45, 7) is 4.77. The van der Waals surface area contributed by atoms with Crippen LogP contribution in [0.3, 0.4) is 0 Å². The summed E-state index contributed by atoms with van der Waals surface area (Å²) in [5.74, 6) is -0.283. The highest BCUT2D eigenvalue weighted by atomic mass is 35.5. The first-order valence-electron chi connectivity index (χ1n) is 4.25. The van der Waals surface area contributed by atoms with Crippen molar-refractivity contribution >= 4 is 17.3 Å². The SMILES string of the molecule is CC1(C)CNc2ccc(Cl)c(F)c21. The molecular formula is C10H11ClFN. The normalized spacial score (nSPS) is 18.2. The van der Waals surface area contributed by atoms with E-state index in [9.17, 15) is 4.39 Å². The Morgan fingerprint density at radius 1 is 1.46 bits per heavy atom. The fraction of sp³-hybridized carbons (Fsp3) is 0.400. The third-order valence-electron chi connectivity index (χ3n) is 2.49. The van der Waals surface area contributed by atoms with E-state index in [-0.39, 0.29) is 16.3 Å². The first-order chi connectivity index (χ1) is 6.02. The monoisotopic (exact) mass is 199 g/mol. The highest BCUT2D eigenvalue weighted by molar-refractivity contribution is 6.30. The van der Waals surface area contributed by atoms with Crippen LogP contribution in [0.4, 0.5) is 10.1 Å². The molecule has 0 bridgehead atoms. The van der Waals surface area contributed by atoms with Crippen LogP contribution in [-0.4, -0.2) is 6.54 Å². The van der Waals surface area contributed by atoms with Gasteiger partial charge in [-0.2, -0.15) is 0 Å². The number of nitrogens with one attached hydrogen (secondary N) is 1. The minimum Gasteiger partial charge on any atom is -0.384 e. The molecule has 1 nitrogen and oxygen atoms in total. The van der Waals surface area contributed by atoms with Gasteiger partial charge < -0.3 is 5.32 Å². The van der Waals surface area contributed by atoms with Crippen molar-refractivity contribution in [2.24, 2.45) is 0 Å². The molecule has 1 N–H and O–H groups in total. The van der Waals surface area contributed by atoms with E-state index >= 15 is 0 Å². The Hall–Kier alpha value is -0.760. The highest BCUT2D eigenvalue weighted by Gasteiger charge is 2.33. The molecule has 0 unspecified atom stereocenters. The summed E-state index contributed by atoms with van der Waals surface area (Å²) in [5.41, 5.74) is 1.41. The lowest BCUT2D eigenvalue weighted by atomic mass is 9.86. The summed E-state index contributed by atoms with van der Waals surface area (Å²) >= 11 is 5.72. The van der Waals surface area contributed by atoms with E-state index in [2.05, 4.69) is 5.32 Å². The zero-order valence-electron chi connectivity index (χ0n) is 7.62. The maximum Gasteiger partial charge on any atom is 0.147 e. The van der Waals surface area contributed by atoms with Crippen LogP contribution in [0.25, 0.3) is 0 Å². The Morgan fingerprint density at radius 2 is 2.15 bits per heavy atom.